The maximum atomic E-state index is 15.0. The smallest absolute Gasteiger partial charge is 0.340 e. The molecule has 3 rings (SSSR count). The lowest BCUT2D eigenvalue weighted by Gasteiger charge is -2.47. The molecule has 0 atom stereocenters. The number of nitrogens with zero attached hydrogens (tertiary/aromatic N) is 1. The van der Waals surface area contributed by atoms with Crippen LogP contribution in [0.3, 0.4) is 0 Å². The van der Waals surface area contributed by atoms with E-state index in [1.165, 1.54) is 11.4 Å². The Morgan fingerprint density at radius 2 is 1.96 bits per heavy atom. The van der Waals surface area contributed by atoms with Crippen LogP contribution in [0, 0.1) is 5.82 Å². The molecular weight excluding hydrogens is 333 g/mol. The molecule has 7 heteroatoms. The molecule has 0 aromatic heterocycles. The van der Waals surface area contributed by atoms with Gasteiger partial charge in [0.05, 0.1) is 24.1 Å². The van der Waals surface area contributed by atoms with Crippen molar-refractivity contribution >= 4 is 22.4 Å². The second kappa shape index (κ2) is 6.90. The quantitative estimate of drug-likeness (QED) is 0.778. The van der Waals surface area contributed by atoms with E-state index in [1.807, 2.05) is 0 Å². The first-order chi connectivity index (χ1) is 11.4. The zero-order valence-corrected chi connectivity index (χ0v) is 14.6. The highest BCUT2D eigenvalue weighted by Gasteiger charge is 2.32. The Labute approximate surface area is 143 Å². The van der Waals surface area contributed by atoms with Gasteiger partial charge in [-0.25, -0.2) is 9.18 Å². The zero-order valence-electron chi connectivity index (χ0n) is 13.8. The Balaban J connectivity index is 2.09. The van der Waals surface area contributed by atoms with Crippen LogP contribution in [0.15, 0.2) is 12.1 Å². The van der Waals surface area contributed by atoms with E-state index < -0.39 is 22.6 Å². The van der Waals surface area contributed by atoms with Crippen molar-refractivity contribution < 1.29 is 23.0 Å². The van der Waals surface area contributed by atoms with Crippen LogP contribution < -0.4 is 4.31 Å². The molecule has 1 aliphatic heterocycles. The van der Waals surface area contributed by atoms with E-state index in [-0.39, 0.29) is 22.9 Å². The van der Waals surface area contributed by atoms with Gasteiger partial charge in [-0.05, 0) is 49.3 Å². The van der Waals surface area contributed by atoms with Crippen LogP contribution >= 0.6 is 10.8 Å². The number of hydrogen-bond acceptors (Lipinski definition) is 5. The molecule has 1 heterocycles. The molecular formula is C17H24FNO4S. The molecule has 0 amide bonds. The lowest BCUT2D eigenvalue weighted by Crippen LogP contribution is -2.35. The molecule has 1 aromatic carbocycles. The van der Waals surface area contributed by atoms with Gasteiger partial charge in [-0.3, -0.25) is 13.4 Å². The van der Waals surface area contributed by atoms with Crippen LogP contribution in [-0.4, -0.2) is 34.5 Å². The van der Waals surface area contributed by atoms with E-state index in [1.54, 1.807) is 12.1 Å². The van der Waals surface area contributed by atoms with E-state index in [0.29, 0.717) is 13.0 Å². The summed E-state index contributed by atoms with van der Waals surface area (Å²) in [4.78, 5) is 12.0. The highest BCUT2D eigenvalue weighted by Crippen LogP contribution is 2.51. The monoisotopic (exact) mass is 357 g/mol. The summed E-state index contributed by atoms with van der Waals surface area (Å²) >= 11 is 0. The number of ether oxygens (including phenoxy) is 1. The predicted molar refractivity (Wildman–Crippen MR) is 93.2 cm³/mol. The van der Waals surface area contributed by atoms with E-state index in [0.717, 1.165) is 37.7 Å². The summed E-state index contributed by atoms with van der Waals surface area (Å²) in [6.45, 7) is 0.369. The average Bonchev–Trinajstić information content (AvgIpc) is 3.09. The molecule has 1 saturated carbocycles. The minimum absolute atomic E-state index is 0.111. The predicted octanol–water partition coefficient (Wildman–Crippen LogP) is 4.54. The molecule has 134 valence electrons. The maximum Gasteiger partial charge on any atom is 0.340 e. The van der Waals surface area contributed by atoms with Gasteiger partial charge < -0.3 is 4.74 Å². The maximum absolute atomic E-state index is 15.0. The lowest BCUT2D eigenvalue weighted by molar-refractivity contribution is 0.0595. The average molecular weight is 357 g/mol. The molecule has 0 radical (unpaired) electrons. The van der Waals surface area contributed by atoms with Crippen molar-refractivity contribution in [2.24, 2.45) is 0 Å². The molecule has 2 N–H and O–H groups in total. The van der Waals surface area contributed by atoms with Gasteiger partial charge >= 0.3 is 5.97 Å². The Morgan fingerprint density at radius 3 is 2.58 bits per heavy atom. The van der Waals surface area contributed by atoms with Crippen LogP contribution in [0.2, 0.25) is 0 Å². The number of methoxy groups -OCH3 is 1. The SMILES string of the molecule is COC(=O)c1cc(C2CCCC2)cc(N2CCCCS2(O)O)c1F. The minimum atomic E-state index is -3.05. The van der Waals surface area contributed by atoms with Crippen molar-refractivity contribution in [3.8, 4) is 0 Å². The number of anilines is 1. The number of benzene rings is 1. The Bertz CT molecular complexity index is 631. The molecule has 0 bridgehead atoms. The van der Waals surface area contributed by atoms with Gasteiger partial charge in [0.2, 0.25) is 0 Å². The van der Waals surface area contributed by atoms with Gasteiger partial charge in [0.1, 0.15) is 0 Å². The topological polar surface area (TPSA) is 70.0 Å². The van der Waals surface area contributed by atoms with Crippen molar-refractivity contribution in [1.29, 1.82) is 0 Å². The largest absolute Gasteiger partial charge is 0.465 e. The van der Waals surface area contributed by atoms with Gasteiger partial charge in [-0.15, -0.1) is 10.8 Å². The Morgan fingerprint density at radius 1 is 1.25 bits per heavy atom. The van der Waals surface area contributed by atoms with Crippen molar-refractivity contribution in [2.45, 2.75) is 44.4 Å². The molecule has 0 spiro atoms. The standard InChI is InChI=1S/C17H24FNO4S/c1-23-17(20)14-10-13(12-6-2-3-7-12)11-15(16(14)18)19-8-4-5-9-24(19,21)22/h10-12,21-22H,2-9H2,1H3. The Kier molecular flexibility index (Phi) is 5.03. The van der Waals surface area contributed by atoms with E-state index in [9.17, 15) is 18.3 Å². The van der Waals surface area contributed by atoms with E-state index in [2.05, 4.69) is 0 Å². The third-order valence-electron chi connectivity index (χ3n) is 4.96. The van der Waals surface area contributed by atoms with Gasteiger partial charge in [-0.2, -0.15) is 0 Å². The highest BCUT2D eigenvalue weighted by atomic mass is 32.3. The van der Waals surface area contributed by atoms with Crippen LogP contribution in [0.25, 0.3) is 0 Å². The van der Waals surface area contributed by atoms with Gasteiger partial charge in [-0.1, -0.05) is 12.8 Å². The summed E-state index contributed by atoms with van der Waals surface area (Å²) < 4.78 is 41.7. The van der Waals surface area contributed by atoms with E-state index in [4.69, 9.17) is 4.74 Å². The summed E-state index contributed by atoms with van der Waals surface area (Å²) in [5, 5.41) is 0. The third-order valence-corrected chi connectivity index (χ3v) is 6.88. The number of halogens is 1. The second-order valence-corrected chi connectivity index (χ2v) is 8.63. The van der Waals surface area contributed by atoms with E-state index >= 15 is 0 Å². The molecule has 2 aliphatic rings. The molecule has 24 heavy (non-hydrogen) atoms. The number of esters is 1. The second-order valence-electron chi connectivity index (χ2n) is 6.52. The summed E-state index contributed by atoms with van der Waals surface area (Å²) in [5.41, 5.74) is 0.863. The highest BCUT2D eigenvalue weighted by molar-refractivity contribution is 8.25. The fourth-order valence-corrected chi connectivity index (χ4v) is 5.33. The minimum Gasteiger partial charge on any atom is -0.465 e. The Hall–Kier alpha value is -1.31. The first-order valence-electron chi connectivity index (χ1n) is 8.39. The molecule has 1 aromatic rings. The zero-order chi connectivity index (χ0) is 17.3. The van der Waals surface area contributed by atoms with Crippen LogP contribution in [0.4, 0.5) is 10.1 Å². The summed E-state index contributed by atoms with van der Waals surface area (Å²) in [5.74, 6) is -0.958. The normalized spacial score (nSPS) is 22.4. The number of carbonyl (C=O) groups is 1. The first kappa shape index (κ1) is 17.5. The fourth-order valence-electron chi connectivity index (χ4n) is 3.65. The summed E-state index contributed by atoms with van der Waals surface area (Å²) in [6, 6.07) is 3.26. The molecule has 0 unspecified atom stereocenters. The van der Waals surface area contributed by atoms with Crippen LogP contribution in [-0.2, 0) is 4.74 Å². The van der Waals surface area contributed by atoms with Crippen molar-refractivity contribution in [3.05, 3.63) is 29.1 Å². The number of carbonyl (C=O) groups excluding carboxylic acids is 1. The third kappa shape index (κ3) is 3.25. The molecule has 1 saturated heterocycles. The van der Waals surface area contributed by atoms with Gasteiger partial charge in [0, 0.05) is 6.54 Å². The number of hydrogen-bond donors (Lipinski definition) is 2. The van der Waals surface area contributed by atoms with Crippen LogP contribution in [0.1, 0.15) is 60.4 Å². The molecule has 2 fully saturated rings. The summed E-state index contributed by atoms with van der Waals surface area (Å²) in [7, 11) is -1.83. The van der Waals surface area contributed by atoms with Crippen LogP contribution in [0.5, 0.6) is 0 Å². The molecule has 5 nitrogen and oxygen atoms in total. The summed E-state index contributed by atoms with van der Waals surface area (Å²) in [6.07, 6.45) is 5.70. The molecule has 1 aliphatic carbocycles. The van der Waals surface area contributed by atoms with Gasteiger partial charge in [0.15, 0.2) is 5.82 Å². The number of rotatable bonds is 3. The van der Waals surface area contributed by atoms with Crippen molar-refractivity contribution in [3.63, 3.8) is 0 Å². The first-order valence-corrected chi connectivity index (χ1v) is 10.1. The fraction of sp³-hybridized carbons (Fsp3) is 0.588. The van der Waals surface area contributed by atoms with Crippen molar-refractivity contribution in [1.82, 2.24) is 0 Å². The lowest BCUT2D eigenvalue weighted by atomic mass is 9.94. The van der Waals surface area contributed by atoms with Crippen molar-refractivity contribution in [2.75, 3.05) is 23.7 Å². The van der Waals surface area contributed by atoms with Gasteiger partial charge in [0.25, 0.3) is 0 Å².